The predicted octanol–water partition coefficient (Wildman–Crippen LogP) is 4.59. The summed E-state index contributed by atoms with van der Waals surface area (Å²) in [5.74, 6) is -1.59. The Morgan fingerprint density at radius 2 is 1.90 bits per heavy atom. The Balaban J connectivity index is 2.25. The van der Waals surface area contributed by atoms with Crippen LogP contribution in [0, 0.1) is 6.92 Å². The van der Waals surface area contributed by atoms with Crippen molar-refractivity contribution in [2.45, 2.75) is 30.9 Å². The molecule has 1 heterocycles. The smallest absolute Gasteiger partial charge is 0.288 e. The molecule has 0 atom stereocenters. The van der Waals surface area contributed by atoms with Crippen molar-refractivity contribution in [3.05, 3.63) is 36.2 Å². The molecule has 6 heteroatoms. The van der Waals surface area contributed by atoms with Crippen LogP contribution in [0.15, 0.2) is 35.5 Å². The maximum Gasteiger partial charge on any atom is 0.288 e. The lowest BCUT2D eigenvalue weighted by Gasteiger charge is -2.11. The van der Waals surface area contributed by atoms with E-state index in [1.54, 1.807) is 12.1 Å². The van der Waals surface area contributed by atoms with Gasteiger partial charge in [-0.3, -0.25) is 0 Å². The van der Waals surface area contributed by atoms with E-state index in [2.05, 4.69) is 22.2 Å². The lowest BCUT2D eigenvalue weighted by atomic mass is 10.1. The highest BCUT2D eigenvalue weighted by Crippen LogP contribution is 2.29. The van der Waals surface area contributed by atoms with E-state index in [1.807, 2.05) is 19.1 Å². The van der Waals surface area contributed by atoms with Crippen LogP contribution in [0.1, 0.15) is 18.9 Å². The first kappa shape index (κ1) is 15.7. The van der Waals surface area contributed by atoms with Gasteiger partial charge in [-0.05, 0) is 25.5 Å². The van der Waals surface area contributed by atoms with Crippen LogP contribution in [0.25, 0.3) is 11.3 Å². The summed E-state index contributed by atoms with van der Waals surface area (Å²) < 4.78 is 24.6. The first-order valence-electron chi connectivity index (χ1n) is 6.72. The second kappa shape index (κ2) is 7.36. The number of halogens is 2. The molecule has 0 amide bonds. The minimum atomic E-state index is -2.40. The average molecular weight is 309 g/mol. The Morgan fingerprint density at radius 3 is 2.52 bits per heavy atom. The van der Waals surface area contributed by atoms with Gasteiger partial charge < -0.3 is 5.32 Å². The van der Waals surface area contributed by atoms with Gasteiger partial charge in [-0.25, -0.2) is 9.97 Å². The van der Waals surface area contributed by atoms with Crippen molar-refractivity contribution >= 4 is 17.6 Å². The standard InChI is InChI=1S/C15H17F2N3S/c1-3-8-18-14-10(2)13(19-9-20-14)11-4-6-12(7-5-11)21-15(16)17/h4-7,9,15H,3,8H2,1-2H3,(H,18,19,20). The van der Waals surface area contributed by atoms with Gasteiger partial charge in [0, 0.05) is 22.6 Å². The molecule has 0 fully saturated rings. The van der Waals surface area contributed by atoms with Gasteiger partial charge in [0.05, 0.1) is 5.69 Å². The number of aromatic nitrogens is 2. The molecule has 0 aliphatic carbocycles. The van der Waals surface area contributed by atoms with Crippen molar-refractivity contribution in [3.63, 3.8) is 0 Å². The zero-order valence-corrected chi connectivity index (χ0v) is 12.8. The Morgan fingerprint density at radius 1 is 1.19 bits per heavy atom. The van der Waals surface area contributed by atoms with Gasteiger partial charge >= 0.3 is 0 Å². The number of nitrogens with zero attached hydrogens (tertiary/aromatic N) is 2. The van der Waals surface area contributed by atoms with Gasteiger partial charge in [-0.2, -0.15) is 8.78 Å². The van der Waals surface area contributed by atoms with Gasteiger partial charge in [0.15, 0.2) is 0 Å². The Labute approximate surface area is 127 Å². The average Bonchev–Trinajstić information content (AvgIpc) is 2.47. The minimum absolute atomic E-state index is 0.542. The number of rotatable bonds is 6. The van der Waals surface area contributed by atoms with E-state index in [4.69, 9.17) is 0 Å². The summed E-state index contributed by atoms with van der Waals surface area (Å²) in [4.78, 5) is 9.08. The van der Waals surface area contributed by atoms with E-state index in [-0.39, 0.29) is 0 Å². The van der Waals surface area contributed by atoms with Gasteiger partial charge in [0.25, 0.3) is 5.76 Å². The molecule has 3 nitrogen and oxygen atoms in total. The molecule has 0 bridgehead atoms. The summed E-state index contributed by atoms with van der Waals surface area (Å²) in [5, 5.41) is 3.26. The molecular weight excluding hydrogens is 292 g/mol. The Hall–Kier alpha value is -1.69. The predicted molar refractivity (Wildman–Crippen MR) is 82.8 cm³/mol. The molecule has 0 spiro atoms. The van der Waals surface area contributed by atoms with Gasteiger partial charge in [-0.15, -0.1) is 0 Å². The van der Waals surface area contributed by atoms with Crippen LogP contribution in [0.4, 0.5) is 14.6 Å². The summed E-state index contributed by atoms with van der Waals surface area (Å²) >= 11 is 0.542. The number of alkyl halides is 2. The minimum Gasteiger partial charge on any atom is -0.370 e. The van der Waals surface area contributed by atoms with E-state index in [0.717, 1.165) is 35.6 Å². The van der Waals surface area contributed by atoms with Crippen molar-refractivity contribution in [3.8, 4) is 11.3 Å². The lowest BCUT2D eigenvalue weighted by Crippen LogP contribution is -2.05. The van der Waals surface area contributed by atoms with Crippen LogP contribution in [-0.2, 0) is 0 Å². The molecular formula is C15H17F2N3S. The Kier molecular flexibility index (Phi) is 5.50. The summed E-state index contributed by atoms with van der Waals surface area (Å²) in [6.45, 7) is 4.89. The molecule has 2 rings (SSSR count). The largest absolute Gasteiger partial charge is 0.370 e. The maximum atomic E-state index is 12.3. The van der Waals surface area contributed by atoms with Gasteiger partial charge in [-0.1, -0.05) is 30.8 Å². The zero-order valence-electron chi connectivity index (χ0n) is 11.9. The number of benzene rings is 1. The van der Waals surface area contributed by atoms with Gasteiger partial charge in [0.1, 0.15) is 12.1 Å². The maximum absolute atomic E-state index is 12.3. The van der Waals surface area contributed by atoms with Crippen molar-refractivity contribution in [1.82, 2.24) is 9.97 Å². The first-order chi connectivity index (χ1) is 10.1. The van der Waals surface area contributed by atoms with E-state index < -0.39 is 5.76 Å². The van der Waals surface area contributed by atoms with E-state index in [9.17, 15) is 8.78 Å². The van der Waals surface area contributed by atoms with E-state index in [0.29, 0.717) is 16.7 Å². The fraction of sp³-hybridized carbons (Fsp3) is 0.333. The molecule has 0 saturated heterocycles. The summed E-state index contributed by atoms with van der Waals surface area (Å²) in [6.07, 6.45) is 2.53. The van der Waals surface area contributed by atoms with Crippen molar-refractivity contribution in [1.29, 1.82) is 0 Å². The summed E-state index contributed by atoms with van der Waals surface area (Å²) in [5.41, 5.74) is 2.67. The van der Waals surface area contributed by atoms with Crippen molar-refractivity contribution < 1.29 is 8.78 Å². The lowest BCUT2D eigenvalue weighted by molar-refractivity contribution is 0.252. The number of hydrogen-bond donors (Lipinski definition) is 1. The fourth-order valence-electron chi connectivity index (χ4n) is 1.96. The van der Waals surface area contributed by atoms with Crippen LogP contribution >= 0.6 is 11.8 Å². The number of thioether (sulfide) groups is 1. The second-order valence-electron chi connectivity index (χ2n) is 4.53. The number of anilines is 1. The highest BCUT2D eigenvalue weighted by atomic mass is 32.2. The topological polar surface area (TPSA) is 37.8 Å². The molecule has 0 aliphatic heterocycles. The summed E-state index contributed by atoms with van der Waals surface area (Å²) in [7, 11) is 0. The molecule has 2 aromatic rings. The third-order valence-corrected chi connectivity index (χ3v) is 3.70. The van der Waals surface area contributed by atoms with Crippen LogP contribution < -0.4 is 5.32 Å². The van der Waals surface area contributed by atoms with Gasteiger partial charge in [0.2, 0.25) is 0 Å². The highest BCUT2D eigenvalue weighted by molar-refractivity contribution is 7.99. The Bertz CT molecular complexity index is 588. The third-order valence-electron chi connectivity index (χ3n) is 2.98. The highest BCUT2D eigenvalue weighted by Gasteiger charge is 2.10. The quantitative estimate of drug-likeness (QED) is 0.792. The van der Waals surface area contributed by atoms with Crippen LogP contribution in [0.3, 0.4) is 0 Å². The van der Waals surface area contributed by atoms with E-state index >= 15 is 0 Å². The molecule has 112 valence electrons. The third kappa shape index (κ3) is 4.14. The molecule has 1 N–H and O–H groups in total. The number of hydrogen-bond acceptors (Lipinski definition) is 4. The first-order valence-corrected chi connectivity index (χ1v) is 7.60. The van der Waals surface area contributed by atoms with Crippen LogP contribution in [-0.4, -0.2) is 22.3 Å². The molecule has 21 heavy (non-hydrogen) atoms. The SMILES string of the molecule is CCCNc1ncnc(-c2ccc(SC(F)F)cc2)c1C. The number of nitrogens with one attached hydrogen (secondary N) is 1. The van der Waals surface area contributed by atoms with Crippen LogP contribution in [0.2, 0.25) is 0 Å². The molecule has 1 aromatic heterocycles. The van der Waals surface area contributed by atoms with Crippen LogP contribution in [0.5, 0.6) is 0 Å². The van der Waals surface area contributed by atoms with Crippen molar-refractivity contribution in [2.75, 3.05) is 11.9 Å². The fourth-order valence-corrected chi connectivity index (χ4v) is 2.46. The molecule has 1 aromatic carbocycles. The molecule has 0 aliphatic rings. The summed E-state index contributed by atoms with van der Waals surface area (Å²) in [6, 6.07) is 6.99. The molecule has 0 unspecified atom stereocenters. The monoisotopic (exact) mass is 309 g/mol. The zero-order chi connectivity index (χ0) is 15.2. The normalized spacial score (nSPS) is 10.9. The second-order valence-corrected chi connectivity index (χ2v) is 5.59. The molecule has 0 saturated carbocycles. The van der Waals surface area contributed by atoms with E-state index in [1.165, 1.54) is 6.33 Å². The van der Waals surface area contributed by atoms with Crippen molar-refractivity contribution in [2.24, 2.45) is 0 Å². The molecule has 0 radical (unpaired) electrons.